The number of aryl methyl sites for hydroxylation is 1. The summed E-state index contributed by atoms with van der Waals surface area (Å²) in [6, 6.07) is 0.496. The molecule has 78 valence electrons. The van der Waals surface area contributed by atoms with Gasteiger partial charge in [-0.2, -0.15) is 21.8 Å². The Morgan fingerprint density at radius 3 is 3.14 bits per heavy atom. The molecule has 0 saturated carbocycles. The summed E-state index contributed by atoms with van der Waals surface area (Å²) in [7, 11) is 1.81. The van der Waals surface area contributed by atoms with Gasteiger partial charge >= 0.3 is 0 Å². The average Bonchev–Trinajstić information content (AvgIpc) is 2.47. The fraction of sp³-hybridized carbons (Fsp3) is 0.750. The van der Waals surface area contributed by atoms with Gasteiger partial charge in [0.15, 0.2) is 5.82 Å². The van der Waals surface area contributed by atoms with Gasteiger partial charge in [0, 0.05) is 37.6 Å². The number of nitrogens with two attached hydrogens (primary N) is 1. The van der Waals surface area contributed by atoms with Crippen LogP contribution in [-0.2, 0) is 13.5 Å². The molecule has 1 fully saturated rings. The lowest BCUT2D eigenvalue weighted by atomic mass is 10.2. The molecule has 2 heterocycles. The van der Waals surface area contributed by atoms with Crippen molar-refractivity contribution in [3.8, 4) is 0 Å². The molecule has 1 aliphatic heterocycles. The maximum absolute atomic E-state index is 5.61. The molecule has 14 heavy (non-hydrogen) atoms. The van der Waals surface area contributed by atoms with Crippen LogP contribution in [0, 0.1) is 0 Å². The minimum absolute atomic E-state index is 0.489. The third kappa shape index (κ3) is 2.19. The predicted molar refractivity (Wildman–Crippen MR) is 58.2 cm³/mol. The molecule has 1 aliphatic rings. The van der Waals surface area contributed by atoms with Gasteiger partial charge in [-0.05, 0) is 0 Å². The quantitative estimate of drug-likeness (QED) is 0.702. The molecule has 1 atom stereocenters. The first kappa shape index (κ1) is 9.79. The van der Waals surface area contributed by atoms with Gasteiger partial charge in [-0.3, -0.25) is 0 Å². The summed E-state index contributed by atoms with van der Waals surface area (Å²) in [5.74, 6) is 3.67. The number of nitrogens with one attached hydrogen (secondary N) is 1. The highest BCUT2D eigenvalue weighted by molar-refractivity contribution is 7.99. The molecule has 1 unspecified atom stereocenters. The Kier molecular flexibility index (Phi) is 2.93. The van der Waals surface area contributed by atoms with Crippen molar-refractivity contribution in [1.82, 2.24) is 20.1 Å². The fourth-order valence-corrected chi connectivity index (χ4v) is 2.46. The smallest absolute Gasteiger partial charge is 0.218 e. The van der Waals surface area contributed by atoms with Gasteiger partial charge in [-0.15, -0.1) is 0 Å². The summed E-state index contributed by atoms with van der Waals surface area (Å²) in [5.41, 5.74) is 5.61. The third-order valence-corrected chi connectivity index (χ3v) is 3.40. The molecule has 1 aromatic heterocycles. The average molecular weight is 213 g/mol. The van der Waals surface area contributed by atoms with Crippen LogP contribution >= 0.6 is 11.8 Å². The number of anilines is 1. The fourth-order valence-electron chi connectivity index (χ4n) is 1.51. The van der Waals surface area contributed by atoms with E-state index >= 15 is 0 Å². The Morgan fingerprint density at radius 2 is 2.57 bits per heavy atom. The van der Waals surface area contributed by atoms with Crippen LogP contribution in [0.4, 0.5) is 5.95 Å². The van der Waals surface area contributed by atoms with E-state index in [9.17, 15) is 0 Å². The molecule has 0 spiro atoms. The summed E-state index contributed by atoms with van der Waals surface area (Å²) < 4.78 is 1.62. The number of thioether (sulfide) groups is 1. The Bertz CT molecular complexity index is 285. The van der Waals surface area contributed by atoms with E-state index in [1.54, 1.807) is 4.68 Å². The van der Waals surface area contributed by atoms with E-state index in [0.717, 1.165) is 24.5 Å². The largest absolute Gasteiger partial charge is 0.368 e. The second-order valence-electron chi connectivity index (χ2n) is 3.44. The van der Waals surface area contributed by atoms with Gasteiger partial charge in [-0.25, -0.2) is 4.68 Å². The molecule has 1 saturated heterocycles. The molecule has 5 nitrogen and oxygen atoms in total. The lowest BCUT2D eigenvalue weighted by Crippen LogP contribution is -2.39. The number of hydrogen-bond donors (Lipinski definition) is 2. The lowest BCUT2D eigenvalue weighted by Gasteiger charge is -2.21. The zero-order valence-corrected chi connectivity index (χ0v) is 9.05. The molecular weight excluding hydrogens is 198 g/mol. The topological polar surface area (TPSA) is 68.8 Å². The van der Waals surface area contributed by atoms with Gasteiger partial charge < -0.3 is 11.1 Å². The van der Waals surface area contributed by atoms with Crippen LogP contribution in [0.15, 0.2) is 0 Å². The predicted octanol–water partition coefficient (Wildman–Crippen LogP) is -0.355. The molecule has 1 aromatic rings. The normalized spacial score (nSPS) is 22.5. The molecule has 0 radical (unpaired) electrons. The Balaban J connectivity index is 1.95. The van der Waals surface area contributed by atoms with Crippen LogP contribution in [0.25, 0.3) is 0 Å². The zero-order chi connectivity index (χ0) is 9.97. The van der Waals surface area contributed by atoms with Crippen molar-refractivity contribution < 1.29 is 0 Å². The first-order valence-electron chi connectivity index (χ1n) is 4.72. The third-order valence-electron chi connectivity index (χ3n) is 2.27. The summed E-state index contributed by atoms with van der Waals surface area (Å²) in [6.07, 6.45) is 0.873. The monoisotopic (exact) mass is 213 g/mol. The Morgan fingerprint density at radius 1 is 1.71 bits per heavy atom. The van der Waals surface area contributed by atoms with Gasteiger partial charge in [0.2, 0.25) is 5.95 Å². The molecule has 0 amide bonds. The molecular formula is C8H15N5S. The van der Waals surface area contributed by atoms with Gasteiger partial charge in [0.1, 0.15) is 0 Å². The standard InChI is InChI=1S/C8H15N5S/c1-13-8(9)11-7(12-13)4-6-5-14-3-2-10-6/h6,10H,2-5H2,1H3,(H2,9,11,12). The highest BCUT2D eigenvalue weighted by Crippen LogP contribution is 2.11. The maximum Gasteiger partial charge on any atom is 0.218 e. The first-order valence-corrected chi connectivity index (χ1v) is 5.87. The van der Waals surface area contributed by atoms with Crippen molar-refractivity contribution in [2.24, 2.45) is 7.05 Å². The second-order valence-corrected chi connectivity index (χ2v) is 4.59. The van der Waals surface area contributed by atoms with Crippen molar-refractivity contribution in [3.05, 3.63) is 5.82 Å². The highest BCUT2D eigenvalue weighted by atomic mass is 32.2. The SMILES string of the molecule is Cn1nc(CC2CSCCN2)nc1N. The molecule has 0 bridgehead atoms. The maximum atomic E-state index is 5.61. The summed E-state index contributed by atoms with van der Waals surface area (Å²) in [6.45, 7) is 1.08. The van der Waals surface area contributed by atoms with Crippen LogP contribution in [0.2, 0.25) is 0 Å². The van der Waals surface area contributed by atoms with Gasteiger partial charge in [0.25, 0.3) is 0 Å². The van der Waals surface area contributed by atoms with Crippen LogP contribution < -0.4 is 11.1 Å². The van der Waals surface area contributed by atoms with E-state index in [4.69, 9.17) is 5.73 Å². The number of rotatable bonds is 2. The summed E-state index contributed by atoms with van der Waals surface area (Å²) >= 11 is 1.98. The number of hydrogen-bond acceptors (Lipinski definition) is 5. The minimum atomic E-state index is 0.489. The van der Waals surface area contributed by atoms with E-state index in [1.165, 1.54) is 5.75 Å². The van der Waals surface area contributed by atoms with Gasteiger partial charge in [0.05, 0.1) is 0 Å². The van der Waals surface area contributed by atoms with E-state index in [-0.39, 0.29) is 0 Å². The molecule has 6 heteroatoms. The van der Waals surface area contributed by atoms with E-state index in [1.807, 2.05) is 18.8 Å². The lowest BCUT2D eigenvalue weighted by molar-refractivity contribution is 0.548. The van der Waals surface area contributed by atoms with Crippen molar-refractivity contribution in [2.45, 2.75) is 12.5 Å². The number of aromatic nitrogens is 3. The van der Waals surface area contributed by atoms with Crippen LogP contribution in [0.5, 0.6) is 0 Å². The van der Waals surface area contributed by atoms with E-state index < -0.39 is 0 Å². The van der Waals surface area contributed by atoms with E-state index in [2.05, 4.69) is 15.4 Å². The molecule has 3 N–H and O–H groups in total. The Labute approximate surface area is 87.5 Å². The summed E-state index contributed by atoms with van der Waals surface area (Å²) in [4.78, 5) is 4.18. The van der Waals surface area contributed by atoms with Crippen molar-refractivity contribution in [2.75, 3.05) is 23.8 Å². The number of nitrogens with zero attached hydrogens (tertiary/aromatic N) is 3. The molecule has 0 aromatic carbocycles. The molecule has 2 rings (SSSR count). The highest BCUT2D eigenvalue weighted by Gasteiger charge is 2.16. The van der Waals surface area contributed by atoms with E-state index in [0.29, 0.717) is 12.0 Å². The second kappa shape index (κ2) is 4.18. The molecule has 0 aliphatic carbocycles. The minimum Gasteiger partial charge on any atom is -0.368 e. The van der Waals surface area contributed by atoms with Gasteiger partial charge in [-0.1, -0.05) is 0 Å². The van der Waals surface area contributed by atoms with Crippen LogP contribution in [0.1, 0.15) is 5.82 Å². The zero-order valence-electron chi connectivity index (χ0n) is 8.23. The van der Waals surface area contributed by atoms with Crippen molar-refractivity contribution >= 4 is 17.7 Å². The van der Waals surface area contributed by atoms with Crippen LogP contribution in [-0.4, -0.2) is 38.9 Å². The first-order chi connectivity index (χ1) is 6.75. The summed E-state index contributed by atoms with van der Waals surface area (Å²) in [5, 5.41) is 7.68. The number of nitrogen functional groups attached to an aromatic ring is 1. The van der Waals surface area contributed by atoms with Crippen molar-refractivity contribution in [3.63, 3.8) is 0 Å². The van der Waals surface area contributed by atoms with Crippen LogP contribution in [0.3, 0.4) is 0 Å². The van der Waals surface area contributed by atoms with Crippen molar-refractivity contribution in [1.29, 1.82) is 0 Å². The Hall–Kier alpha value is -0.750.